The highest BCUT2D eigenvalue weighted by atomic mass is 35.5. The molecule has 146 valence electrons. The molecule has 8 heteroatoms. The maximum atomic E-state index is 12.2. The topological polar surface area (TPSA) is 93.3 Å². The van der Waals surface area contributed by atoms with Crippen molar-refractivity contribution in [3.05, 3.63) is 29.2 Å². The van der Waals surface area contributed by atoms with E-state index in [1.54, 1.807) is 25.6 Å². The Labute approximate surface area is 167 Å². The van der Waals surface area contributed by atoms with Crippen molar-refractivity contribution in [1.82, 2.24) is 9.97 Å². The van der Waals surface area contributed by atoms with Crippen LogP contribution in [-0.2, 0) is 21.5 Å². The second-order valence-corrected chi connectivity index (χ2v) is 10.1. The zero-order valence-corrected chi connectivity index (χ0v) is 17.1. The minimum Gasteiger partial charge on any atom is -0.616 e. The summed E-state index contributed by atoms with van der Waals surface area (Å²) in [5.41, 5.74) is 6.55. The molecule has 2 aliphatic rings. The summed E-state index contributed by atoms with van der Waals surface area (Å²) in [6, 6.07) is 1.78. The predicted molar refractivity (Wildman–Crippen MR) is 107 cm³/mol. The van der Waals surface area contributed by atoms with Gasteiger partial charge in [-0.05, 0) is 42.4 Å². The van der Waals surface area contributed by atoms with Crippen molar-refractivity contribution in [2.45, 2.75) is 54.7 Å². The summed E-state index contributed by atoms with van der Waals surface area (Å²) >= 11 is 5.42. The molecule has 0 radical (unpaired) electrons. The van der Waals surface area contributed by atoms with Gasteiger partial charge in [0.1, 0.15) is 21.8 Å². The molecule has 2 atom stereocenters. The van der Waals surface area contributed by atoms with Gasteiger partial charge in [0.2, 0.25) is 5.88 Å². The molecular formula is C19H24ClN3O3S. The number of halogens is 1. The summed E-state index contributed by atoms with van der Waals surface area (Å²) in [6.45, 7) is 2.24. The number of nitrogens with two attached hydrogens (primary N) is 1. The molecule has 0 spiro atoms. The predicted octanol–water partition coefficient (Wildman–Crippen LogP) is 2.92. The van der Waals surface area contributed by atoms with E-state index in [4.69, 9.17) is 26.8 Å². The standard InChI is InChI=1S/C19H24ClN3O3S/c1-19(21,10-25-2)16-9-23-18(15-8-22-17(20)7-14(15)16)26-11-5-13(6-11)27(24)12-3-4-12/h7-9,11-13H,3-6,10,21H2,1-2H3/t11?,13?,19-,27?/m1/s1. The molecule has 27 heavy (non-hydrogen) atoms. The van der Waals surface area contributed by atoms with E-state index in [9.17, 15) is 4.55 Å². The van der Waals surface area contributed by atoms with Gasteiger partial charge < -0.3 is 19.8 Å². The number of methoxy groups -OCH3 is 1. The van der Waals surface area contributed by atoms with E-state index in [2.05, 4.69) is 9.97 Å². The second-order valence-electron chi connectivity index (χ2n) is 7.74. The lowest BCUT2D eigenvalue weighted by atomic mass is 9.91. The van der Waals surface area contributed by atoms with Crippen molar-refractivity contribution in [3.63, 3.8) is 0 Å². The Bertz CT molecular complexity index is 840. The molecule has 2 saturated carbocycles. The van der Waals surface area contributed by atoms with Crippen LogP contribution in [0, 0.1) is 0 Å². The van der Waals surface area contributed by atoms with Gasteiger partial charge in [-0.15, -0.1) is 0 Å². The normalized spacial score (nSPS) is 25.7. The third-order valence-corrected chi connectivity index (χ3v) is 7.65. The Morgan fingerprint density at radius 2 is 2.00 bits per heavy atom. The molecule has 0 aliphatic heterocycles. The summed E-state index contributed by atoms with van der Waals surface area (Å²) < 4.78 is 23.6. The molecule has 0 bridgehead atoms. The number of hydrogen-bond donors (Lipinski definition) is 1. The van der Waals surface area contributed by atoms with Crippen LogP contribution in [0.5, 0.6) is 5.88 Å². The van der Waals surface area contributed by atoms with Crippen LogP contribution in [0.25, 0.3) is 10.8 Å². The Hall–Kier alpha value is -1.12. The average Bonchev–Trinajstić information content (AvgIpc) is 3.41. The molecule has 4 rings (SSSR count). The molecule has 2 aromatic heterocycles. The van der Waals surface area contributed by atoms with Gasteiger partial charge in [0.25, 0.3) is 0 Å². The maximum Gasteiger partial charge on any atom is 0.223 e. The highest BCUT2D eigenvalue weighted by molar-refractivity contribution is 7.93. The summed E-state index contributed by atoms with van der Waals surface area (Å²) in [4.78, 5) is 8.70. The van der Waals surface area contributed by atoms with E-state index in [1.165, 1.54) is 0 Å². The first-order valence-corrected chi connectivity index (χ1v) is 10.8. The van der Waals surface area contributed by atoms with E-state index < -0.39 is 16.7 Å². The van der Waals surface area contributed by atoms with E-state index >= 15 is 0 Å². The molecular weight excluding hydrogens is 386 g/mol. The highest BCUT2D eigenvalue weighted by Gasteiger charge is 2.46. The fraction of sp³-hybridized carbons (Fsp3) is 0.579. The van der Waals surface area contributed by atoms with Crippen LogP contribution in [0.15, 0.2) is 18.5 Å². The lowest BCUT2D eigenvalue weighted by Gasteiger charge is -2.36. The fourth-order valence-corrected chi connectivity index (χ4v) is 5.66. The van der Waals surface area contributed by atoms with Gasteiger partial charge in [0.05, 0.1) is 17.5 Å². The lowest BCUT2D eigenvalue weighted by Crippen LogP contribution is -2.44. The highest BCUT2D eigenvalue weighted by Crippen LogP contribution is 2.40. The van der Waals surface area contributed by atoms with Crippen molar-refractivity contribution in [2.75, 3.05) is 13.7 Å². The summed E-state index contributed by atoms with van der Waals surface area (Å²) in [6.07, 6.45) is 7.28. The van der Waals surface area contributed by atoms with Gasteiger partial charge in [-0.1, -0.05) is 11.6 Å². The van der Waals surface area contributed by atoms with Crippen LogP contribution in [0.1, 0.15) is 38.2 Å². The number of pyridine rings is 2. The van der Waals surface area contributed by atoms with E-state index in [1.807, 2.05) is 6.92 Å². The van der Waals surface area contributed by atoms with Crippen LogP contribution >= 0.6 is 11.6 Å². The van der Waals surface area contributed by atoms with Crippen molar-refractivity contribution >= 4 is 33.5 Å². The third kappa shape index (κ3) is 3.89. The first kappa shape index (κ1) is 19.2. The van der Waals surface area contributed by atoms with Gasteiger partial charge in [0, 0.05) is 37.9 Å². The molecule has 2 N–H and O–H groups in total. The van der Waals surface area contributed by atoms with Crippen LogP contribution in [0.4, 0.5) is 0 Å². The average molecular weight is 410 g/mol. The molecule has 2 aliphatic carbocycles. The molecule has 2 aromatic rings. The van der Waals surface area contributed by atoms with Crippen LogP contribution < -0.4 is 10.5 Å². The fourth-order valence-electron chi connectivity index (χ4n) is 3.55. The van der Waals surface area contributed by atoms with Gasteiger partial charge in [-0.2, -0.15) is 0 Å². The van der Waals surface area contributed by atoms with Crippen molar-refractivity contribution < 1.29 is 14.0 Å². The summed E-state index contributed by atoms with van der Waals surface area (Å²) in [5, 5.41) is 2.70. The molecule has 0 aromatic carbocycles. The first-order chi connectivity index (χ1) is 12.9. The number of fused-ring (bicyclic) bond motifs is 1. The number of aromatic nitrogens is 2. The maximum absolute atomic E-state index is 12.2. The van der Waals surface area contributed by atoms with Gasteiger partial charge >= 0.3 is 0 Å². The van der Waals surface area contributed by atoms with Gasteiger partial charge in [-0.3, -0.25) is 0 Å². The monoisotopic (exact) mass is 409 g/mol. The number of hydrogen-bond acceptors (Lipinski definition) is 6. The lowest BCUT2D eigenvalue weighted by molar-refractivity contribution is 0.119. The summed E-state index contributed by atoms with van der Waals surface area (Å²) in [5.74, 6) is 0.520. The molecule has 2 heterocycles. The second kappa shape index (κ2) is 7.37. The molecule has 1 unspecified atom stereocenters. The molecule has 6 nitrogen and oxygen atoms in total. The van der Waals surface area contributed by atoms with E-state index in [0.717, 1.165) is 42.0 Å². The minimum absolute atomic E-state index is 0.0400. The third-order valence-electron chi connectivity index (χ3n) is 5.27. The smallest absolute Gasteiger partial charge is 0.223 e. The van der Waals surface area contributed by atoms with Crippen LogP contribution in [-0.4, -0.2) is 44.8 Å². The SMILES string of the molecule is COC[C@@](C)(N)c1cnc(OC2CC([S+]([O-])C3CC3)C2)c2cnc(Cl)cc12. The Kier molecular flexibility index (Phi) is 5.24. The van der Waals surface area contributed by atoms with Gasteiger partial charge in [0.15, 0.2) is 0 Å². The zero-order valence-electron chi connectivity index (χ0n) is 15.5. The Morgan fingerprint density at radius 3 is 2.67 bits per heavy atom. The zero-order chi connectivity index (χ0) is 19.2. The van der Waals surface area contributed by atoms with E-state index in [-0.39, 0.29) is 11.4 Å². The first-order valence-electron chi connectivity index (χ1n) is 9.17. The largest absolute Gasteiger partial charge is 0.616 e. The Morgan fingerprint density at radius 1 is 1.26 bits per heavy atom. The van der Waals surface area contributed by atoms with E-state index in [0.29, 0.717) is 22.9 Å². The Balaban J connectivity index is 1.57. The van der Waals surface area contributed by atoms with Crippen molar-refractivity contribution in [3.8, 4) is 5.88 Å². The quantitative estimate of drug-likeness (QED) is 0.558. The summed E-state index contributed by atoms with van der Waals surface area (Å²) in [7, 11) is 1.62. The van der Waals surface area contributed by atoms with Crippen molar-refractivity contribution in [2.24, 2.45) is 5.73 Å². The number of nitrogens with zero attached hydrogens (tertiary/aromatic N) is 2. The van der Waals surface area contributed by atoms with Gasteiger partial charge in [-0.25, -0.2) is 9.97 Å². The molecule has 0 amide bonds. The minimum atomic E-state index is -0.716. The molecule has 0 saturated heterocycles. The van der Waals surface area contributed by atoms with Crippen LogP contribution in [0.2, 0.25) is 5.15 Å². The van der Waals surface area contributed by atoms with Crippen LogP contribution in [0.3, 0.4) is 0 Å². The molecule has 2 fully saturated rings. The number of rotatable bonds is 7. The number of ether oxygens (including phenoxy) is 2. The van der Waals surface area contributed by atoms with Crippen molar-refractivity contribution in [1.29, 1.82) is 0 Å².